The molecule has 0 amide bonds. The Morgan fingerprint density at radius 3 is 2.80 bits per heavy atom. The number of anilines is 1. The maximum Gasteiger partial charge on any atom is 0.307 e. The lowest BCUT2D eigenvalue weighted by molar-refractivity contribution is -0.140. The summed E-state index contributed by atoms with van der Waals surface area (Å²) in [6, 6.07) is 5.97. The smallest absolute Gasteiger partial charge is 0.307 e. The van der Waals surface area contributed by atoms with Crippen LogP contribution in [0.25, 0.3) is 10.9 Å². The number of methoxy groups -OCH3 is 1. The van der Waals surface area contributed by atoms with E-state index < -0.39 is 0 Å². The van der Waals surface area contributed by atoms with E-state index >= 15 is 0 Å². The van der Waals surface area contributed by atoms with Crippen LogP contribution < -0.4 is 5.32 Å². The average Bonchev–Trinajstić information content (AvgIpc) is 2.77. The van der Waals surface area contributed by atoms with Crippen molar-refractivity contribution in [3.63, 3.8) is 0 Å². The lowest BCUT2D eigenvalue weighted by Gasteiger charge is -2.02. The van der Waals surface area contributed by atoms with Crippen molar-refractivity contribution in [1.29, 1.82) is 0 Å². The van der Waals surface area contributed by atoms with Gasteiger partial charge in [0.05, 0.1) is 19.0 Å². The Labute approximate surface area is 127 Å². The van der Waals surface area contributed by atoms with Gasteiger partial charge in [-0.05, 0) is 18.2 Å². The van der Waals surface area contributed by atoms with Crippen LogP contribution in [0.3, 0.4) is 0 Å². The van der Waals surface area contributed by atoms with Crippen molar-refractivity contribution < 1.29 is 9.53 Å². The highest BCUT2D eigenvalue weighted by molar-refractivity contribution is 9.10. The Morgan fingerprint density at radius 1 is 1.45 bits per heavy atom. The second-order valence-corrected chi connectivity index (χ2v) is 4.80. The van der Waals surface area contributed by atoms with Gasteiger partial charge in [-0.3, -0.25) is 9.48 Å². The third-order valence-electron chi connectivity index (χ3n) is 2.66. The number of benzene rings is 1. The Hall–Kier alpha value is -1.56. The van der Waals surface area contributed by atoms with Crippen LogP contribution in [-0.2, 0) is 16.6 Å². The molecule has 0 fully saturated rings. The zero-order valence-corrected chi connectivity index (χ0v) is 13.8. The van der Waals surface area contributed by atoms with Gasteiger partial charge < -0.3 is 10.1 Å². The van der Waals surface area contributed by atoms with Crippen molar-refractivity contribution in [1.82, 2.24) is 9.78 Å². The quantitative estimate of drug-likeness (QED) is 0.866. The summed E-state index contributed by atoms with van der Waals surface area (Å²) in [5, 5.41) is 8.56. The molecule has 0 spiro atoms. The van der Waals surface area contributed by atoms with E-state index in [2.05, 4.69) is 31.1 Å². The first-order valence-electron chi connectivity index (χ1n) is 6.55. The molecule has 0 radical (unpaired) electrons. The number of fused-ring (bicyclic) bond motifs is 1. The Morgan fingerprint density at radius 2 is 2.15 bits per heavy atom. The molecule has 0 aliphatic rings. The van der Waals surface area contributed by atoms with Crippen LogP contribution in [0.1, 0.15) is 20.3 Å². The fourth-order valence-corrected chi connectivity index (χ4v) is 2.10. The molecule has 20 heavy (non-hydrogen) atoms. The molecule has 0 bridgehead atoms. The maximum atomic E-state index is 11.0. The fraction of sp³-hybridized carbons (Fsp3) is 0.429. The Balaban J connectivity index is 0.000000956. The summed E-state index contributed by atoms with van der Waals surface area (Å²) in [5.74, 6) is 0.550. The molecule has 1 aromatic carbocycles. The molecule has 2 rings (SSSR count). The van der Waals surface area contributed by atoms with Crippen LogP contribution in [0.15, 0.2) is 22.7 Å². The number of esters is 1. The van der Waals surface area contributed by atoms with Gasteiger partial charge in [-0.25, -0.2) is 0 Å². The number of halogens is 1. The summed E-state index contributed by atoms with van der Waals surface area (Å²) < 4.78 is 7.41. The van der Waals surface area contributed by atoms with Crippen molar-refractivity contribution in [3.05, 3.63) is 22.7 Å². The molecule has 2 aromatic rings. The molecule has 1 N–H and O–H groups in total. The van der Waals surface area contributed by atoms with E-state index in [1.807, 2.05) is 39.1 Å². The van der Waals surface area contributed by atoms with Crippen LogP contribution in [0.4, 0.5) is 5.82 Å². The number of rotatable bonds is 4. The SMILES string of the molecule is CC.COC(=O)CCNc1nn(C)c2cc(Br)ccc12. The molecule has 0 aliphatic heterocycles. The molecule has 0 saturated carbocycles. The normalized spacial score (nSPS) is 9.85. The molecular weight excluding hydrogens is 322 g/mol. The van der Waals surface area contributed by atoms with E-state index in [4.69, 9.17) is 0 Å². The average molecular weight is 342 g/mol. The molecule has 1 heterocycles. The van der Waals surface area contributed by atoms with Gasteiger partial charge in [-0.1, -0.05) is 29.8 Å². The Bertz CT molecular complexity index is 581. The van der Waals surface area contributed by atoms with Crippen molar-refractivity contribution in [2.75, 3.05) is 19.0 Å². The van der Waals surface area contributed by atoms with Gasteiger partial charge in [-0.15, -0.1) is 0 Å². The summed E-state index contributed by atoms with van der Waals surface area (Å²) in [7, 11) is 3.27. The van der Waals surface area contributed by atoms with Crippen LogP contribution >= 0.6 is 15.9 Å². The van der Waals surface area contributed by atoms with E-state index in [-0.39, 0.29) is 5.97 Å². The van der Waals surface area contributed by atoms with Gasteiger partial charge in [0.1, 0.15) is 0 Å². The van der Waals surface area contributed by atoms with E-state index in [1.54, 1.807) is 4.68 Å². The predicted octanol–water partition coefficient (Wildman–Crippen LogP) is 3.34. The van der Waals surface area contributed by atoms with E-state index in [1.165, 1.54) is 7.11 Å². The molecule has 0 saturated heterocycles. The van der Waals surface area contributed by atoms with Crippen LogP contribution in [0.2, 0.25) is 0 Å². The van der Waals surface area contributed by atoms with Crippen LogP contribution in [-0.4, -0.2) is 29.4 Å². The third-order valence-corrected chi connectivity index (χ3v) is 3.16. The first kappa shape index (κ1) is 16.5. The zero-order chi connectivity index (χ0) is 15.1. The number of carbonyl (C=O) groups excluding carboxylic acids is 1. The van der Waals surface area contributed by atoms with E-state index in [0.29, 0.717) is 13.0 Å². The lowest BCUT2D eigenvalue weighted by Crippen LogP contribution is -2.10. The number of aromatic nitrogens is 2. The predicted molar refractivity (Wildman–Crippen MR) is 84.9 cm³/mol. The van der Waals surface area contributed by atoms with Crippen molar-refractivity contribution >= 4 is 38.6 Å². The number of carbonyl (C=O) groups is 1. The molecule has 0 aliphatic carbocycles. The van der Waals surface area contributed by atoms with Crippen molar-refractivity contribution in [2.24, 2.45) is 7.05 Å². The molecule has 6 heteroatoms. The summed E-state index contributed by atoms with van der Waals surface area (Å²) in [5.41, 5.74) is 1.03. The summed E-state index contributed by atoms with van der Waals surface area (Å²) in [4.78, 5) is 11.0. The van der Waals surface area contributed by atoms with Gasteiger partial charge >= 0.3 is 5.97 Å². The zero-order valence-electron chi connectivity index (χ0n) is 12.2. The van der Waals surface area contributed by atoms with Crippen molar-refractivity contribution in [3.8, 4) is 0 Å². The standard InChI is InChI=1S/C12H14BrN3O2.C2H6/c1-16-10-7-8(13)3-4-9(10)12(15-16)14-6-5-11(17)18-2;1-2/h3-4,7H,5-6H2,1-2H3,(H,14,15);1-2H3. The molecule has 1 aromatic heterocycles. The highest BCUT2D eigenvalue weighted by Gasteiger charge is 2.09. The summed E-state index contributed by atoms with van der Waals surface area (Å²) in [6.07, 6.45) is 0.324. The minimum Gasteiger partial charge on any atom is -0.469 e. The first-order valence-corrected chi connectivity index (χ1v) is 7.34. The number of aryl methyl sites for hydroxylation is 1. The second kappa shape index (κ2) is 7.89. The third kappa shape index (κ3) is 3.96. The molecule has 5 nitrogen and oxygen atoms in total. The minimum absolute atomic E-state index is 0.231. The highest BCUT2D eigenvalue weighted by Crippen LogP contribution is 2.25. The summed E-state index contributed by atoms with van der Waals surface area (Å²) >= 11 is 3.43. The largest absolute Gasteiger partial charge is 0.469 e. The van der Waals surface area contributed by atoms with Gasteiger partial charge in [0, 0.05) is 23.5 Å². The van der Waals surface area contributed by atoms with Gasteiger partial charge in [0.15, 0.2) is 5.82 Å². The first-order chi connectivity index (χ1) is 9.61. The van der Waals surface area contributed by atoms with Gasteiger partial charge in [0.25, 0.3) is 0 Å². The van der Waals surface area contributed by atoms with E-state index in [9.17, 15) is 4.79 Å². The Kier molecular flexibility index (Phi) is 6.51. The van der Waals surface area contributed by atoms with Crippen LogP contribution in [0.5, 0.6) is 0 Å². The second-order valence-electron chi connectivity index (χ2n) is 3.89. The monoisotopic (exact) mass is 341 g/mol. The molecular formula is C14H20BrN3O2. The molecule has 0 unspecified atom stereocenters. The molecule has 0 atom stereocenters. The number of hydrogen-bond acceptors (Lipinski definition) is 4. The minimum atomic E-state index is -0.231. The molecule has 110 valence electrons. The van der Waals surface area contributed by atoms with Crippen LogP contribution in [0, 0.1) is 0 Å². The fourth-order valence-electron chi connectivity index (χ4n) is 1.75. The highest BCUT2D eigenvalue weighted by atomic mass is 79.9. The number of hydrogen-bond donors (Lipinski definition) is 1. The topological polar surface area (TPSA) is 56.1 Å². The number of nitrogens with zero attached hydrogens (tertiary/aromatic N) is 2. The van der Waals surface area contributed by atoms with Crippen molar-refractivity contribution in [2.45, 2.75) is 20.3 Å². The summed E-state index contributed by atoms with van der Waals surface area (Å²) in [6.45, 7) is 4.51. The van der Waals surface area contributed by atoms with Gasteiger partial charge in [-0.2, -0.15) is 5.10 Å². The number of nitrogens with one attached hydrogen (secondary N) is 1. The maximum absolute atomic E-state index is 11.0. The van der Waals surface area contributed by atoms with E-state index in [0.717, 1.165) is 21.2 Å². The van der Waals surface area contributed by atoms with Gasteiger partial charge in [0.2, 0.25) is 0 Å². The lowest BCUT2D eigenvalue weighted by atomic mass is 10.2. The number of ether oxygens (including phenoxy) is 1.